The van der Waals surface area contributed by atoms with Crippen LogP contribution in [-0.4, -0.2) is 61.5 Å². The number of carbonyl (C=O) groups is 1. The first-order valence-corrected chi connectivity index (χ1v) is 11.7. The maximum absolute atomic E-state index is 11.9. The molecule has 8 heteroatoms. The van der Waals surface area contributed by atoms with E-state index in [1.807, 2.05) is 24.3 Å². The van der Waals surface area contributed by atoms with Gasteiger partial charge >= 0.3 is 5.97 Å². The molecule has 0 aliphatic heterocycles. The van der Waals surface area contributed by atoms with Gasteiger partial charge in [0, 0.05) is 33.0 Å². The Bertz CT molecular complexity index is 747. The molecule has 1 aromatic carbocycles. The van der Waals surface area contributed by atoms with Crippen LogP contribution in [0, 0.1) is 0 Å². The van der Waals surface area contributed by atoms with Crippen molar-refractivity contribution in [1.82, 2.24) is 4.31 Å². The first-order valence-electron chi connectivity index (χ1n) is 9.80. The average molecular weight is 428 g/mol. The zero-order chi connectivity index (χ0) is 21.7. The quantitative estimate of drug-likeness (QED) is 0.329. The lowest BCUT2D eigenvalue weighted by atomic mass is 10.0. The molecule has 0 heterocycles. The fraction of sp³-hybridized carbons (Fsp3) is 0.571. The second kappa shape index (κ2) is 13.5. The summed E-state index contributed by atoms with van der Waals surface area (Å²) in [6.07, 6.45) is 7.17. The second-order valence-electron chi connectivity index (χ2n) is 7.13. The Kier molecular flexibility index (Phi) is 11.8. The van der Waals surface area contributed by atoms with E-state index < -0.39 is 22.1 Å². The molecule has 29 heavy (non-hydrogen) atoms. The number of unbranched alkanes of at least 4 members (excludes halogenated alkanes) is 3. The fourth-order valence-corrected chi connectivity index (χ4v) is 3.79. The Morgan fingerprint density at radius 2 is 1.90 bits per heavy atom. The Morgan fingerprint density at radius 1 is 1.21 bits per heavy atom. The topological polar surface area (TPSA) is 104 Å². The van der Waals surface area contributed by atoms with E-state index in [0.29, 0.717) is 32.4 Å². The highest BCUT2D eigenvalue weighted by atomic mass is 32.2. The second-order valence-corrected chi connectivity index (χ2v) is 9.11. The minimum atomic E-state index is -3.35. The number of benzene rings is 1. The number of carboxylic acids is 1. The van der Waals surface area contributed by atoms with Crippen LogP contribution in [0.4, 0.5) is 0 Å². The minimum absolute atomic E-state index is 0.144. The summed E-state index contributed by atoms with van der Waals surface area (Å²) in [6.45, 7) is 1.10. The van der Waals surface area contributed by atoms with Gasteiger partial charge in [0.1, 0.15) is 0 Å². The third-order valence-corrected chi connectivity index (χ3v) is 5.70. The summed E-state index contributed by atoms with van der Waals surface area (Å²) in [5.74, 6) is -0.808. The molecule has 0 unspecified atom stereocenters. The molecular weight excluding hydrogens is 394 g/mol. The van der Waals surface area contributed by atoms with Gasteiger partial charge in [-0.3, -0.25) is 4.79 Å². The summed E-state index contributed by atoms with van der Waals surface area (Å²) in [4.78, 5) is 10.5. The number of nitrogens with zero attached hydrogens (tertiary/aromatic N) is 1. The molecule has 2 N–H and O–H groups in total. The number of hydrogen-bond donors (Lipinski definition) is 2. The third-order valence-electron chi connectivity index (χ3n) is 4.43. The van der Waals surface area contributed by atoms with E-state index in [1.54, 1.807) is 19.3 Å². The van der Waals surface area contributed by atoms with Crippen molar-refractivity contribution in [2.75, 3.05) is 26.5 Å². The predicted octanol–water partition coefficient (Wildman–Crippen LogP) is 2.59. The Labute approximate surface area is 174 Å². The molecule has 0 fully saturated rings. The van der Waals surface area contributed by atoms with Crippen molar-refractivity contribution in [3.05, 3.63) is 47.5 Å². The van der Waals surface area contributed by atoms with Crippen LogP contribution in [0.5, 0.6) is 0 Å². The van der Waals surface area contributed by atoms with E-state index in [9.17, 15) is 18.3 Å². The number of rotatable bonds is 15. The normalized spacial score (nSPS) is 13.2. The fourth-order valence-electron chi connectivity index (χ4n) is 2.97. The highest BCUT2D eigenvalue weighted by molar-refractivity contribution is 7.88. The van der Waals surface area contributed by atoms with Gasteiger partial charge in [-0.2, -0.15) is 4.31 Å². The van der Waals surface area contributed by atoms with Crippen molar-refractivity contribution in [3.63, 3.8) is 0 Å². The number of hydrogen-bond acceptors (Lipinski definition) is 5. The lowest BCUT2D eigenvalue weighted by Gasteiger charge is -2.18. The molecule has 0 saturated carbocycles. The maximum atomic E-state index is 11.9. The van der Waals surface area contributed by atoms with Crippen molar-refractivity contribution in [3.8, 4) is 0 Å². The number of sulfonamides is 1. The summed E-state index contributed by atoms with van der Waals surface area (Å²) >= 11 is 0. The summed E-state index contributed by atoms with van der Waals surface area (Å²) in [5.41, 5.74) is 2.02. The van der Waals surface area contributed by atoms with Gasteiger partial charge < -0.3 is 14.9 Å². The van der Waals surface area contributed by atoms with Crippen molar-refractivity contribution in [2.45, 2.75) is 51.2 Å². The van der Waals surface area contributed by atoms with Crippen molar-refractivity contribution in [1.29, 1.82) is 0 Å². The molecule has 1 aromatic rings. The molecule has 0 aliphatic carbocycles. The van der Waals surface area contributed by atoms with Gasteiger partial charge in [-0.1, -0.05) is 49.3 Å². The molecule has 7 nitrogen and oxygen atoms in total. The van der Waals surface area contributed by atoms with E-state index in [0.717, 1.165) is 24.0 Å². The molecule has 1 rings (SSSR count). The summed E-state index contributed by atoms with van der Waals surface area (Å²) in [6, 6.07) is 7.79. The Hall–Kier alpha value is -1.74. The number of ether oxygens (including phenoxy) is 1. The van der Waals surface area contributed by atoms with E-state index in [-0.39, 0.29) is 13.0 Å². The Morgan fingerprint density at radius 3 is 2.55 bits per heavy atom. The average Bonchev–Trinajstić information content (AvgIpc) is 2.62. The zero-order valence-corrected chi connectivity index (χ0v) is 18.1. The molecule has 0 bridgehead atoms. The molecule has 0 aromatic heterocycles. The van der Waals surface area contributed by atoms with Gasteiger partial charge in [-0.25, -0.2) is 8.42 Å². The van der Waals surface area contributed by atoms with Gasteiger partial charge in [-0.05, 0) is 24.0 Å². The Balaban J connectivity index is 2.46. The van der Waals surface area contributed by atoms with Crippen molar-refractivity contribution >= 4 is 16.0 Å². The van der Waals surface area contributed by atoms with E-state index >= 15 is 0 Å². The summed E-state index contributed by atoms with van der Waals surface area (Å²) < 4.78 is 30.4. The van der Waals surface area contributed by atoms with Crippen LogP contribution in [0.2, 0.25) is 0 Å². The SMILES string of the molecule is COCc1cccc(C[C@H](O)/C=C/CN(CCCCCCC(=O)O)S(C)(=O)=O)c1. The smallest absolute Gasteiger partial charge is 0.303 e. The number of aliphatic hydroxyl groups is 1. The van der Waals surface area contributed by atoms with E-state index in [4.69, 9.17) is 9.84 Å². The number of methoxy groups -OCH3 is 1. The molecule has 1 atom stereocenters. The third kappa shape index (κ3) is 11.8. The first-order chi connectivity index (χ1) is 13.7. The van der Waals surface area contributed by atoms with Gasteiger partial charge in [0.25, 0.3) is 0 Å². The molecule has 0 amide bonds. The molecular formula is C21H33NO6S. The lowest BCUT2D eigenvalue weighted by Crippen LogP contribution is -2.31. The summed E-state index contributed by atoms with van der Waals surface area (Å²) in [7, 11) is -1.71. The van der Waals surface area contributed by atoms with Crippen molar-refractivity contribution in [2.24, 2.45) is 0 Å². The van der Waals surface area contributed by atoms with Gasteiger partial charge in [0.05, 0.1) is 19.0 Å². The van der Waals surface area contributed by atoms with Crippen LogP contribution in [0.3, 0.4) is 0 Å². The zero-order valence-electron chi connectivity index (χ0n) is 17.3. The minimum Gasteiger partial charge on any atom is -0.481 e. The van der Waals surface area contributed by atoms with E-state index in [2.05, 4.69) is 0 Å². The highest BCUT2D eigenvalue weighted by Gasteiger charge is 2.14. The van der Waals surface area contributed by atoms with Gasteiger partial charge in [0.2, 0.25) is 10.0 Å². The van der Waals surface area contributed by atoms with Crippen LogP contribution < -0.4 is 0 Å². The first kappa shape index (κ1) is 25.3. The van der Waals surface area contributed by atoms with Crippen LogP contribution in [0.1, 0.15) is 43.2 Å². The lowest BCUT2D eigenvalue weighted by molar-refractivity contribution is -0.137. The largest absolute Gasteiger partial charge is 0.481 e. The number of aliphatic hydroxyl groups excluding tert-OH is 1. The molecule has 0 radical (unpaired) electrons. The van der Waals surface area contributed by atoms with E-state index in [1.165, 1.54) is 10.6 Å². The van der Waals surface area contributed by atoms with Crippen LogP contribution in [0.15, 0.2) is 36.4 Å². The summed E-state index contributed by atoms with van der Waals surface area (Å²) in [5, 5.41) is 18.8. The molecule has 0 spiro atoms. The van der Waals surface area contributed by atoms with Crippen molar-refractivity contribution < 1.29 is 28.2 Å². The highest BCUT2D eigenvalue weighted by Crippen LogP contribution is 2.10. The monoisotopic (exact) mass is 427 g/mol. The maximum Gasteiger partial charge on any atom is 0.303 e. The van der Waals surface area contributed by atoms with Crippen LogP contribution in [0.25, 0.3) is 0 Å². The van der Waals surface area contributed by atoms with Gasteiger partial charge in [-0.15, -0.1) is 0 Å². The van der Waals surface area contributed by atoms with Crippen LogP contribution in [-0.2, 0) is 32.6 Å². The molecule has 0 saturated heterocycles. The molecule has 0 aliphatic rings. The number of carboxylic acid groups (broad SMARTS) is 1. The number of aliphatic carboxylic acids is 1. The predicted molar refractivity (Wildman–Crippen MR) is 113 cm³/mol. The van der Waals surface area contributed by atoms with Gasteiger partial charge in [0.15, 0.2) is 0 Å². The van der Waals surface area contributed by atoms with Crippen LogP contribution >= 0.6 is 0 Å². The standard InChI is InChI=1S/C21H33NO6S/c1-28-17-19-10-7-9-18(15-19)16-20(23)11-8-14-22(29(2,26)27)13-6-4-3-5-12-21(24)25/h7-11,15,20,23H,3-6,12-14,16-17H2,1-2H3,(H,24,25)/b11-8+/t20-/m1/s1. The molecule has 164 valence electrons.